The van der Waals surface area contributed by atoms with Crippen LogP contribution in [-0.4, -0.2) is 16.1 Å². The Labute approximate surface area is 95.0 Å². The van der Waals surface area contributed by atoms with E-state index in [9.17, 15) is 4.79 Å². The first kappa shape index (κ1) is 10.3. The van der Waals surface area contributed by atoms with Gasteiger partial charge in [0, 0.05) is 0 Å². The van der Waals surface area contributed by atoms with Gasteiger partial charge in [-0.15, -0.1) is 22.7 Å². The summed E-state index contributed by atoms with van der Waals surface area (Å²) in [4.78, 5) is 16.6. The summed E-state index contributed by atoms with van der Waals surface area (Å²) in [6.07, 6.45) is 0.774. The zero-order valence-corrected chi connectivity index (χ0v) is 9.69. The van der Waals surface area contributed by atoms with E-state index in [1.165, 1.54) is 22.7 Å². The molecule has 15 heavy (non-hydrogen) atoms. The monoisotopic (exact) mass is 239 g/mol. The summed E-state index contributed by atoms with van der Waals surface area (Å²) in [5.41, 5.74) is 0.611. The molecule has 0 amide bonds. The van der Waals surface area contributed by atoms with Gasteiger partial charge in [-0.3, -0.25) is 0 Å². The van der Waals surface area contributed by atoms with E-state index in [-0.39, 0.29) is 0 Å². The van der Waals surface area contributed by atoms with E-state index < -0.39 is 5.97 Å². The second-order valence-electron chi connectivity index (χ2n) is 2.92. The van der Waals surface area contributed by atoms with Crippen LogP contribution in [-0.2, 0) is 6.42 Å². The lowest BCUT2D eigenvalue weighted by Gasteiger charge is -1.92. The highest BCUT2D eigenvalue weighted by Gasteiger charge is 2.18. The molecule has 0 aliphatic carbocycles. The molecule has 2 aromatic rings. The molecule has 0 radical (unpaired) electrons. The summed E-state index contributed by atoms with van der Waals surface area (Å²) in [6.45, 7) is 1.97. The number of hydrogen-bond acceptors (Lipinski definition) is 4. The van der Waals surface area contributed by atoms with Crippen LogP contribution in [0.2, 0.25) is 0 Å². The molecule has 0 aliphatic rings. The molecule has 0 saturated carbocycles. The predicted molar refractivity (Wildman–Crippen MR) is 61.8 cm³/mol. The number of rotatable bonds is 3. The van der Waals surface area contributed by atoms with Gasteiger partial charge in [-0.2, -0.15) is 0 Å². The van der Waals surface area contributed by atoms with Crippen molar-refractivity contribution in [3.05, 3.63) is 27.4 Å². The number of carboxylic acid groups (broad SMARTS) is 1. The summed E-state index contributed by atoms with van der Waals surface area (Å²) in [7, 11) is 0. The average molecular weight is 239 g/mol. The second kappa shape index (κ2) is 4.12. The lowest BCUT2D eigenvalue weighted by molar-refractivity contribution is 0.0703. The fourth-order valence-electron chi connectivity index (χ4n) is 1.24. The molecule has 5 heteroatoms. The van der Waals surface area contributed by atoms with Crippen LogP contribution in [0, 0.1) is 0 Å². The third-order valence-corrected chi connectivity index (χ3v) is 3.99. The van der Waals surface area contributed by atoms with Gasteiger partial charge in [-0.05, 0) is 17.9 Å². The molecule has 0 aromatic carbocycles. The summed E-state index contributed by atoms with van der Waals surface area (Å²) in [5.74, 6) is -0.893. The Kier molecular flexibility index (Phi) is 2.83. The van der Waals surface area contributed by atoms with E-state index >= 15 is 0 Å². The van der Waals surface area contributed by atoms with Crippen molar-refractivity contribution >= 4 is 28.6 Å². The van der Waals surface area contributed by atoms with E-state index in [1.54, 1.807) is 0 Å². The number of aryl methyl sites for hydroxylation is 1. The summed E-state index contributed by atoms with van der Waals surface area (Å²) in [5, 5.41) is 11.8. The first-order valence-corrected chi connectivity index (χ1v) is 6.19. The van der Waals surface area contributed by atoms with Crippen molar-refractivity contribution in [1.29, 1.82) is 0 Å². The van der Waals surface area contributed by atoms with Crippen LogP contribution in [0.4, 0.5) is 0 Å². The van der Waals surface area contributed by atoms with Gasteiger partial charge in [0.25, 0.3) is 0 Å². The number of aromatic carboxylic acids is 1. The molecule has 1 N–H and O–H groups in total. The van der Waals surface area contributed by atoms with Crippen molar-refractivity contribution in [3.63, 3.8) is 0 Å². The molecular formula is C10H9NO2S2. The number of carboxylic acids is 1. The van der Waals surface area contributed by atoms with Crippen molar-refractivity contribution in [2.24, 2.45) is 0 Å². The van der Waals surface area contributed by atoms with Gasteiger partial charge in [-0.25, -0.2) is 9.78 Å². The minimum atomic E-state index is -0.893. The van der Waals surface area contributed by atoms with Crippen molar-refractivity contribution < 1.29 is 9.90 Å². The van der Waals surface area contributed by atoms with Gasteiger partial charge < -0.3 is 5.11 Å². The Balaban J connectivity index is 2.54. The van der Waals surface area contributed by atoms with Crippen LogP contribution in [0.15, 0.2) is 17.5 Å². The maximum Gasteiger partial charge on any atom is 0.348 e. The molecule has 0 bridgehead atoms. The van der Waals surface area contributed by atoms with E-state index in [0.717, 1.165) is 16.3 Å². The molecule has 0 aliphatic heterocycles. The minimum absolute atomic E-state index is 0.342. The summed E-state index contributed by atoms with van der Waals surface area (Å²) >= 11 is 2.77. The first-order valence-electron chi connectivity index (χ1n) is 4.49. The number of thiophene rings is 1. The van der Waals surface area contributed by atoms with E-state index in [1.807, 2.05) is 24.4 Å². The van der Waals surface area contributed by atoms with Gasteiger partial charge in [-0.1, -0.05) is 13.0 Å². The van der Waals surface area contributed by atoms with Gasteiger partial charge in [0.05, 0.1) is 9.88 Å². The molecule has 0 fully saturated rings. The zero-order chi connectivity index (χ0) is 10.8. The van der Waals surface area contributed by atoms with Crippen LogP contribution in [0.3, 0.4) is 0 Å². The topological polar surface area (TPSA) is 50.2 Å². The maximum atomic E-state index is 11.0. The molecule has 2 rings (SSSR count). The van der Waals surface area contributed by atoms with Crippen LogP contribution in [0.5, 0.6) is 0 Å². The van der Waals surface area contributed by atoms with E-state index in [2.05, 4.69) is 4.98 Å². The molecule has 0 saturated heterocycles. The quantitative estimate of drug-likeness (QED) is 0.895. The van der Waals surface area contributed by atoms with Gasteiger partial charge in [0.15, 0.2) is 0 Å². The van der Waals surface area contributed by atoms with Crippen molar-refractivity contribution in [2.75, 3.05) is 0 Å². The number of nitrogens with zero attached hydrogens (tertiary/aromatic N) is 1. The summed E-state index contributed by atoms with van der Waals surface area (Å²) in [6, 6.07) is 3.79. The first-order chi connectivity index (χ1) is 7.22. The minimum Gasteiger partial charge on any atom is -0.477 e. The second-order valence-corrected chi connectivity index (χ2v) is 4.95. The fraction of sp³-hybridized carbons (Fsp3) is 0.200. The maximum absolute atomic E-state index is 11.0. The Hall–Kier alpha value is -1.20. The number of hydrogen-bond donors (Lipinski definition) is 1. The molecule has 2 aromatic heterocycles. The molecule has 0 unspecified atom stereocenters. The third kappa shape index (κ3) is 1.93. The van der Waals surface area contributed by atoms with Gasteiger partial charge in [0.1, 0.15) is 10.6 Å². The molecule has 78 valence electrons. The van der Waals surface area contributed by atoms with Crippen LogP contribution in [0.25, 0.3) is 10.6 Å². The molecule has 3 nitrogen and oxygen atoms in total. The molecule has 2 heterocycles. The lowest BCUT2D eigenvalue weighted by atomic mass is 10.3. The zero-order valence-electron chi connectivity index (χ0n) is 8.06. The van der Waals surface area contributed by atoms with Gasteiger partial charge in [0.2, 0.25) is 0 Å². The van der Waals surface area contributed by atoms with E-state index in [4.69, 9.17) is 5.11 Å². The van der Waals surface area contributed by atoms with E-state index in [0.29, 0.717) is 10.6 Å². The highest BCUT2D eigenvalue weighted by molar-refractivity contribution is 7.16. The number of carbonyl (C=O) groups is 1. The molecule has 0 atom stereocenters. The van der Waals surface area contributed by atoms with Crippen molar-refractivity contribution in [3.8, 4) is 10.6 Å². The normalized spacial score (nSPS) is 10.5. The smallest absolute Gasteiger partial charge is 0.348 e. The number of aromatic nitrogens is 1. The molecular weight excluding hydrogens is 230 g/mol. The van der Waals surface area contributed by atoms with Crippen LogP contribution < -0.4 is 0 Å². The SMILES string of the molecule is CCc1nc(-c2cccs2)c(C(=O)O)s1. The Morgan fingerprint density at radius 3 is 2.93 bits per heavy atom. The number of thiazole rings is 1. The molecule has 0 spiro atoms. The van der Waals surface area contributed by atoms with Crippen LogP contribution >= 0.6 is 22.7 Å². The largest absolute Gasteiger partial charge is 0.477 e. The van der Waals surface area contributed by atoms with Crippen molar-refractivity contribution in [1.82, 2.24) is 4.98 Å². The van der Waals surface area contributed by atoms with Crippen LogP contribution in [0.1, 0.15) is 21.6 Å². The average Bonchev–Trinajstić information content (AvgIpc) is 2.86. The Morgan fingerprint density at radius 1 is 1.60 bits per heavy atom. The third-order valence-electron chi connectivity index (χ3n) is 1.92. The fourth-order valence-corrected chi connectivity index (χ4v) is 2.88. The highest BCUT2D eigenvalue weighted by Crippen LogP contribution is 2.31. The Morgan fingerprint density at radius 2 is 2.40 bits per heavy atom. The lowest BCUT2D eigenvalue weighted by Crippen LogP contribution is -1.94. The van der Waals surface area contributed by atoms with Crippen molar-refractivity contribution in [2.45, 2.75) is 13.3 Å². The predicted octanol–water partition coefficient (Wildman–Crippen LogP) is 3.13. The Bertz CT molecular complexity index is 474. The van der Waals surface area contributed by atoms with Gasteiger partial charge >= 0.3 is 5.97 Å². The standard InChI is InChI=1S/C10H9NO2S2/c1-2-7-11-8(6-4-3-5-14-6)9(15-7)10(12)13/h3-5H,2H2,1H3,(H,12,13). The highest BCUT2D eigenvalue weighted by atomic mass is 32.1. The summed E-state index contributed by atoms with van der Waals surface area (Å²) < 4.78 is 0.